The lowest BCUT2D eigenvalue weighted by Crippen LogP contribution is -2.15. The topological polar surface area (TPSA) is 73.0 Å². The van der Waals surface area contributed by atoms with Crippen molar-refractivity contribution in [3.05, 3.63) is 15.9 Å². The highest BCUT2D eigenvalue weighted by Crippen LogP contribution is 2.24. The van der Waals surface area contributed by atoms with E-state index in [2.05, 4.69) is 17.2 Å². The van der Waals surface area contributed by atoms with Crippen LogP contribution in [0.5, 0.6) is 0 Å². The monoisotopic (exact) mass is 244 g/mol. The minimum atomic E-state index is -0.459. The van der Waals surface area contributed by atoms with Crippen LogP contribution >= 0.6 is 11.8 Å². The van der Waals surface area contributed by atoms with Gasteiger partial charge in [0, 0.05) is 25.8 Å². The van der Waals surface area contributed by atoms with Gasteiger partial charge in [-0.15, -0.1) is 0 Å². The van der Waals surface area contributed by atoms with Crippen molar-refractivity contribution < 1.29 is 4.92 Å². The molecular weight excluding hydrogens is 228 g/mol. The molecule has 0 amide bonds. The minimum absolute atomic E-state index is 0.103. The van der Waals surface area contributed by atoms with E-state index in [-0.39, 0.29) is 5.82 Å². The molecule has 7 heteroatoms. The largest absolute Gasteiger partial charge is 0.406 e. The number of hydrogen-bond acceptors (Lipinski definition) is 5. The fourth-order valence-electron chi connectivity index (χ4n) is 1.24. The van der Waals surface area contributed by atoms with Crippen molar-refractivity contribution >= 4 is 23.4 Å². The number of aryl methyl sites for hydroxylation is 1. The first-order valence-electron chi connectivity index (χ1n) is 4.91. The Balaban J connectivity index is 2.89. The molecule has 0 aromatic carbocycles. The predicted molar refractivity (Wildman–Crippen MR) is 66.1 cm³/mol. The molecule has 90 valence electrons. The molecule has 0 spiro atoms. The Morgan fingerprint density at radius 1 is 1.69 bits per heavy atom. The zero-order valence-corrected chi connectivity index (χ0v) is 10.7. The van der Waals surface area contributed by atoms with Crippen molar-refractivity contribution in [3.8, 4) is 0 Å². The van der Waals surface area contributed by atoms with Crippen LogP contribution in [-0.2, 0) is 7.05 Å². The number of nitrogens with zero attached hydrogens (tertiary/aromatic N) is 3. The van der Waals surface area contributed by atoms with Gasteiger partial charge in [-0.25, -0.2) is 0 Å². The summed E-state index contributed by atoms with van der Waals surface area (Å²) in [7, 11) is 1.77. The van der Waals surface area contributed by atoms with Crippen LogP contribution in [0, 0.1) is 17.0 Å². The average Bonchev–Trinajstić information content (AvgIpc) is 2.53. The van der Waals surface area contributed by atoms with Crippen LogP contribution in [0.4, 0.5) is 11.6 Å². The van der Waals surface area contributed by atoms with E-state index in [1.165, 1.54) is 0 Å². The molecule has 0 aliphatic carbocycles. The zero-order chi connectivity index (χ0) is 12.3. The summed E-state index contributed by atoms with van der Waals surface area (Å²) in [6.45, 7) is 4.49. The van der Waals surface area contributed by atoms with E-state index < -0.39 is 4.92 Å². The third kappa shape index (κ3) is 2.66. The molecule has 1 rings (SSSR count). The first-order valence-corrected chi connectivity index (χ1v) is 6.20. The number of thioether (sulfide) groups is 1. The second-order valence-corrected chi connectivity index (χ2v) is 4.85. The summed E-state index contributed by atoms with van der Waals surface area (Å²) < 4.78 is 1.70. The molecule has 1 atom stereocenters. The molecule has 6 nitrogen and oxygen atoms in total. The van der Waals surface area contributed by atoms with E-state index in [4.69, 9.17) is 0 Å². The quantitative estimate of drug-likeness (QED) is 0.631. The van der Waals surface area contributed by atoms with Gasteiger partial charge in [-0.1, -0.05) is 6.92 Å². The van der Waals surface area contributed by atoms with Crippen LogP contribution in [0.15, 0.2) is 0 Å². The van der Waals surface area contributed by atoms with Crippen molar-refractivity contribution in [2.75, 3.05) is 18.1 Å². The highest BCUT2D eigenvalue weighted by molar-refractivity contribution is 7.99. The highest BCUT2D eigenvalue weighted by atomic mass is 32.2. The molecule has 0 saturated heterocycles. The van der Waals surface area contributed by atoms with Crippen molar-refractivity contribution in [1.82, 2.24) is 9.55 Å². The lowest BCUT2D eigenvalue weighted by Gasteiger charge is -2.10. The number of imidazole rings is 1. The van der Waals surface area contributed by atoms with Crippen molar-refractivity contribution in [3.63, 3.8) is 0 Å². The molecule has 0 radical (unpaired) electrons. The summed E-state index contributed by atoms with van der Waals surface area (Å²) in [4.78, 5) is 14.2. The molecule has 1 aromatic rings. The summed E-state index contributed by atoms with van der Waals surface area (Å²) in [5.41, 5.74) is 0. The van der Waals surface area contributed by atoms with E-state index in [9.17, 15) is 10.1 Å². The summed E-state index contributed by atoms with van der Waals surface area (Å²) in [6, 6.07) is 0. The third-order valence-corrected chi connectivity index (χ3v) is 3.40. The van der Waals surface area contributed by atoms with E-state index in [0.717, 1.165) is 0 Å². The van der Waals surface area contributed by atoms with E-state index in [1.54, 1.807) is 30.3 Å². The van der Waals surface area contributed by atoms with Crippen LogP contribution in [0.3, 0.4) is 0 Å². The Bertz CT molecular complexity index is 391. The summed E-state index contributed by atoms with van der Waals surface area (Å²) >= 11 is 1.71. The van der Waals surface area contributed by atoms with Gasteiger partial charge in [0.25, 0.3) is 0 Å². The standard InChI is InChI=1S/C9H16N4O2S/c1-6(16-4)5-10-8-9(13(14)15)11-7(2)12(8)3/h6,10H,5H2,1-4H3. The number of nitro groups is 1. The molecule has 1 unspecified atom stereocenters. The number of hydrogen-bond donors (Lipinski definition) is 1. The molecule has 0 aliphatic rings. The molecular formula is C9H16N4O2S. The van der Waals surface area contributed by atoms with Gasteiger partial charge in [-0.05, 0) is 16.2 Å². The maximum Gasteiger partial charge on any atom is 0.406 e. The first-order chi connectivity index (χ1) is 7.47. The number of rotatable bonds is 5. The van der Waals surface area contributed by atoms with Gasteiger partial charge in [0.05, 0.1) is 0 Å². The van der Waals surface area contributed by atoms with Crippen LogP contribution in [0.1, 0.15) is 12.7 Å². The van der Waals surface area contributed by atoms with Crippen LogP contribution in [0.25, 0.3) is 0 Å². The Morgan fingerprint density at radius 3 is 2.81 bits per heavy atom. The summed E-state index contributed by atoms with van der Waals surface area (Å²) in [5, 5.41) is 14.3. The zero-order valence-electron chi connectivity index (χ0n) is 9.85. The number of aromatic nitrogens is 2. The van der Waals surface area contributed by atoms with Crippen molar-refractivity contribution in [1.29, 1.82) is 0 Å². The van der Waals surface area contributed by atoms with Gasteiger partial charge in [0.2, 0.25) is 11.6 Å². The third-order valence-electron chi connectivity index (χ3n) is 2.43. The summed E-state index contributed by atoms with van der Waals surface area (Å²) in [5.74, 6) is 1.00. The lowest BCUT2D eigenvalue weighted by atomic mass is 10.4. The highest BCUT2D eigenvalue weighted by Gasteiger charge is 2.23. The van der Waals surface area contributed by atoms with E-state index >= 15 is 0 Å². The Morgan fingerprint density at radius 2 is 2.31 bits per heavy atom. The van der Waals surface area contributed by atoms with Gasteiger partial charge in [0.1, 0.15) is 0 Å². The number of anilines is 1. The SMILES string of the molecule is CSC(C)CNc1c([N+](=O)[O-])nc(C)n1C. The lowest BCUT2D eigenvalue weighted by molar-refractivity contribution is -0.388. The second kappa shape index (κ2) is 5.20. The molecule has 16 heavy (non-hydrogen) atoms. The fourth-order valence-corrected chi connectivity index (χ4v) is 1.49. The van der Waals surface area contributed by atoms with Gasteiger partial charge in [-0.3, -0.25) is 4.57 Å². The molecule has 0 bridgehead atoms. The maximum absolute atomic E-state index is 10.8. The normalized spacial score (nSPS) is 12.5. The van der Waals surface area contributed by atoms with Crippen LogP contribution in [0.2, 0.25) is 0 Å². The Labute approximate surface area is 98.6 Å². The molecule has 1 aromatic heterocycles. The molecule has 0 fully saturated rings. The average molecular weight is 244 g/mol. The molecule has 0 aliphatic heterocycles. The fraction of sp³-hybridized carbons (Fsp3) is 0.667. The van der Waals surface area contributed by atoms with E-state index in [0.29, 0.717) is 23.4 Å². The van der Waals surface area contributed by atoms with Gasteiger partial charge in [-0.2, -0.15) is 11.8 Å². The van der Waals surface area contributed by atoms with Gasteiger partial charge < -0.3 is 15.4 Å². The Kier molecular flexibility index (Phi) is 4.17. The predicted octanol–water partition coefficient (Wildman–Crippen LogP) is 1.80. The first kappa shape index (κ1) is 12.8. The van der Waals surface area contributed by atoms with Crippen molar-refractivity contribution in [2.45, 2.75) is 19.1 Å². The molecule has 1 heterocycles. The maximum atomic E-state index is 10.8. The minimum Gasteiger partial charge on any atom is -0.363 e. The van der Waals surface area contributed by atoms with Gasteiger partial charge >= 0.3 is 5.82 Å². The molecule has 1 N–H and O–H groups in total. The molecule has 0 saturated carbocycles. The smallest absolute Gasteiger partial charge is 0.363 e. The van der Waals surface area contributed by atoms with Crippen molar-refractivity contribution in [2.24, 2.45) is 7.05 Å². The Hall–Kier alpha value is -1.24. The second-order valence-electron chi connectivity index (χ2n) is 3.57. The van der Waals surface area contributed by atoms with Crippen LogP contribution < -0.4 is 5.32 Å². The number of nitrogens with one attached hydrogen (secondary N) is 1. The van der Waals surface area contributed by atoms with E-state index in [1.807, 2.05) is 6.26 Å². The van der Waals surface area contributed by atoms with Crippen LogP contribution in [-0.4, -0.2) is 32.5 Å². The summed E-state index contributed by atoms with van der Waals surface area (Å²) in [6.07, 6.45) is 2.01. The van der Waals surface area contributed by atoms with Gasteiger partial charge in [0.15, 0.2) is 0 Å².